The zero-order chi connectivity index (χ0) is 40.4. The van der Waals surface area contributed by atoms with E-state index in [1.54, 1.807) is 84.9 Å². The summed E-state index contributed by atoms with van der Waals surface area (Å²) in [7, 11) is 0. The maximum atomic E-state index is 13.7. The molecule has 0 saturated heterocycles. The van der Waals surface area contributed by atoms with Gasteiger partial charge in [0.1, 0.15) is 0 Å². The highest BCUT2D eigenvalue weighted by Gasteiger charge is 2.38. The number of hydrogen-bond donors (Lipinski definition) is 0. The van der Waals surface area contributed by atoms with Gasteiger partial charge in [-0.25, -0.2) is 14.5 Å². The van der Waals surface area contributed by atoms with Gasteiger partial charge in [0, 0.05) is 22.3 Å². The fraction of sp³-hybridized carbons (Fsp3) is 0.125. The Morgan fingerprint density at radius 1 is 0.439 bits per heavy atom. The Kier molecular flexibility index (Phi) is 10.6. The van der Waals surface area contributed by atoms with Crippen molar-refractivity contribution in [2.24, 2.45) is 0 Å². The van der Waals surface area contributed by atoms with Gasteiger partial charge in [0.05, 0.1) is 27.9 Å². The third kappa shape index (κ3) is 7.68. The summed E-state index contributed by atoms with van der Waals surface area (Å²) in [6.45, 7) is 7.67. The minimum absolute atomic E-state index is 0.0213. The number of hydrogen-bond acceptors (Lipinski definition) is 8. The van der Waals surface area contributed by atoms with Crippen molar-refractivity contribution in [3.05, 3.63) is 206 Å². The van der Waals surface area contributed by atoms with Gasteiger partial charge < -0.3 is 9.47 Å². The SMILES string of the molecule is Cc1ccc(C(=O)[C@@H](OC(=O)c2ccc3c(c2)C(=O)N(c2ccc(C(=O)O[C@@H](C(=O)c4ccc(C)c(C)c4)c4ccccc4)cc2)C3=O)c2ccccc2)cc1C. The molecule has 0 fully saturated rings. The Balaban J connectivity index is 1.09. The molecule has 6 aromatic rings. The maximum Gasteiger partial charge on any atom is 0.339 e. The molecule has 0 saturated carbocycles. The van der Waals surface area contributed by atoms with Crippen LogP contribution in [0.2, 0.25) is 0 Å². The van der Waals surface area contributed by atoms with Gasteiger partial charge >= 0.3 is 11.9 Å². The Bertz CT molecular complexity index is 2580. The van der Waals surface area contributed by atoms with Crippen molar-refractivity contribution in [1.82, 2.24) is 0 Å². The molecule has 0 spiro atoms. The number of ketones is 2. The van der Waals surface area contributed by atoms with Gasteiger partial charge in [0.2, 0.25) is 11.6 Å². The topological polar surface area (TPSA) is 124 Å². The van der Waals surface area contributed by atoms with Crippen LogP contribution in [0.25, 0.3) is 0 Å². The van der Waals surface area contributed by atoms with E-state index in [-0.39, 0.29) is 33.7 Å². The number of anilines is 1. The third-order valence-corrected chi connectivity index (χ3v) is 10.2. The molecule has 7 rings (SSSR count). The van der Waals surface area contributed by atoms with Crippen molar-refractivity contribution in [2.45, 2.75) is 39.9 Å². The number of ether oxygens (including phenoxy) is 2. The van der Waals surface area contributed by atoms with Gasteiger partial charge in [-0.1, -0.05) is 84.9 Å². The molecule has 282 valence electrons. The highest BCUT2D eigenvalue weighted by atomic mass is 16.6. The third-order valence-electron chi connectivity index (χ3n) is 10.2. The molecule has 6 aromatic carbocycles. The van der Waals surface area contributed by atoms with Crippen LogP contribution >= 0.6 is 0 Å². The molecule has 1 aliphatic rings. The highest BCUT2D eigenvalue weighted by molar-refractivity contribution is 6.34. The molecule has 0 aromatic heterocycles. The van der Waals surface area contributed by atoms with E-state index in [9.17, 15) is 28.8 Å². The van der Waals surface area contributed by atoms with Crippen molar-refractivity contribution in [1.29, 1.82) is 0 Å². The molecule has 0 aliphatic carbocycles. The first-order valence-corrected chi connectivity index (χ1v) is 18.3. The molecule has 9 heteroatoms. The summed E-state index contributed by atoms with van der Waals surface area (Å²) in [4.78, 5) is 82.7. The van der Waals surface area contributed by atoms with Crippen LogP contribution in [0.4, 0.5) is 5.69 Å². The normalized spacial score (nSPS) is 13.1. The average molecular weight is 756 g/mol. The molecule has 9 nitrogen and oxygen atoms in total. The number of carbonyl (C=O) groups excluding carboxylic acids is 6. The lowest BCUT2D eigenvalue weighted by Gasteiger charge is -2.19. The van der Waals surface area contributed by atoms with Crippen LogP contribution in [0.1, 0.15) is 108 Å². The summed E-state index contributed by atoms with van der Waals surface area (Å²) >= 11 is 0. The van der Waals surface area contributed by atoms with E-state index in [1.807, 2.05) is 39.8 Å². The predicted molar refractivity (Wildman–Crippen MR) is 214 cm³/mol. The number of Topliss-reactive ketones (excluding diaryl/α,β-unsaturated/α-hetero) is 2. The second kappa shape index (κ2) is 15.8. The Hall–Kier alpha value is -7.26. The van der Waals surface area contributed by atoms with Crippen molar-refractivity contribution < 1.29 is 38.2 Å². The number of fused-ring (bicyclic) bond motifs is 1. The predicted octanol–water partition coefficient (Wildman–Crippen LogP) is 9.28. The molecule has 0 unspecified atom stereocenters. The van der Waals surface area contributed by atoms with Crippen molar-refractivity contribution >= 4 is 41.0 Å². The Morgan fingerprint density at radius 3 is 1.33 bits per heavy atom. The van der Waals surface area contributed by atoms with Gasteiger partial charge in [-0.3, -0.25) is 19.2 Å². The van der Waals surface area contributed by atoms with Crippen LogP contribution in [0, 0.1) is 27.7 Å². The number of aryl methyl sites for hydroxylation is 4. The van der Waals surface area contributed by atoms with Crippen LogP contribution < -0.4 is 4.90 Å². The van der Waals surface area contributed by atoms with Gasteiger partial charge in [-0.15, -0.1) is 0 Å². The summed E-state index contributed by atoms with van der Waals surface area (Å²) in [6, 6.07) is 37.6. The van der Waals surface area contributed by atoms with E-state index >= 15 is 0 Å². The summed E-state index contributed by atoms with van der Waals surface area (Å²) in [5.41, 5.74) is 5.94. The zero-order valence-corrected chi connectivity index (χ0v) is 31.6. The van der Waals surface area contributed by atoms with Crippen molar-refractivity contribution in [3.63, 3.8) is 0 Å². The van der Waals surface area contributed by atoms with Crippen LogP contribution in [-0.4, -0.2) is 35.3 Å². The number of carbonyl (C=O) groups is 6. The van der Waals surface area contributed by atoms with Gasteiger partial charge in [-0.05, 0) is 105 Å². The first-order chi connectivity index (χ1) is 27.4. The average Bonchev–Trinajstić information content (AvgIpc) is 3.48. The van der Waals surface area contributed by atoms with Crippen molar-refractivity contribution in [3.8, 4) is 0 Å². The van der Waals surface area contributed by atoms with E-state index in [0.29, 0.717) is 22.3 Å². The molecule has 2 amide bonds. The molecule has 0 N–H and O–H groups in total. The molecule has 57 heavy (non-hydrogen) atoms. The lowest BCUT2D eigenvalue weighted by Crippen LogP contribution is -2.29. The van der Waals surface area contributed by atoms with E-state index in [4.69, 9.17) is 9.47 Å². The first kappa shape index (κ1) is 38.0. The first-order valence-electron chi connectivity index (χ1n) is 18.3. The van der Waals surface area contributed by atoms with E-state index in [1.165, 1.54) is 42.5 Å². The quantitative estimate of drug-likeness (QED) is 0.0728. The number of nitrogens with zero attached hydrogens (tertiary/aromatic N) is 1. The number of rotatable bonds is 11. The van der Waals surface area contributed by atoms with E-state index < -0.39 is 41.7 Å². The molecule has 1 aliphatic heterocycles. The molecular formula is C48H37NO8. The monoisotopic (exact) mass is 755 g/mol. The minimum atomic E-state index is -1.26. The highest BCUT2D eigenvalue weighted by Crippen LogP contribution is 2.32. The molecule has 1 heterocycles. The molecule has 0 radical (unpaired) electrons. The van der Waals surface area contributed by atoms with Crippen LogP contribution in [-0.2, 0) is 9.47 Å². The fourth-order valence-electron chi connectivity index (χ4n) is 6.59. The van der Waals surface area contributed by atoms with E-state index in [0.717, 1.165) is 27.2 Å². The Morgan fingerprint density at radius 2 is 0.860 bits per heavy atom. The minimum Gasteiger partial charge on any atom is -0.445 e. The number of esters is 2. The largest absolute Gasteiger partial charge is 0.445 e. The number of amides is 2. The number of imide groups is 1. The molecule has 0 bridgehead atoms. The van der Waals surface area contributed by atoms with Crippen LogP contribution in [0.15, 0.2) is 140 Å². The second-order valence-electron chi connectivity index (χ2n) is 14.0. The standard InChI is InChI=1S/C48H37NO8/c1-28-15-17-35(25-30(28)3)41(50)43(32-11-7-5-8-12-32)56-47(54)34-19-22-38(23-20-34)49-45(52)39-24-21-37(27-40(39)46(49)53)48(55)57-44(33-13-9-6-10-14-33)42(51)36-18-16-29(2)31(4)26-36/h5-27,43-44H,1-4H3/t43-,44+/m1/s1. The second-order valence-corrected chi connectivity index (χ2v) is 14.0. The van der Waals surface area contributed by atoms with Gasteiger partial charge in [0.15, 0.2) is 12.2 Å². The maximum absolute atomic E-state index is 13.7. The smallest absolute Gasteiger partial charge is 0.339 e. The molecular weight excluding hydrogens is 719 g/mol. The number of benzene rings is 6. The van der Waals surface area contributed by atoms with Gasteiger partial charge in [0.25, 0.3) is 11.8 Å². The van der Waals surface area contributed by atoms with E-state index in [2.05, 4.69) is 0 Å². The fourth-order valence-corrected chi connectivity index (χ4v) is 6.59. The summed E-state index contributed by atoms with van der Waals surface area (Å²) in [6.07, 6.45) is -2.48. The van der Waals surface area contributed by atoms with Crippen molar-refractivity contribution in [2.75, 3.05) is 4.90 Å². The lowest BCUT2D eigenvalue weighted by atomic mass is 9.97. The summed E-state index contributed by atoms with van der Waals surface area (Å²) in [5, 5.41) is 0. The molecule has 2 atom stereocenters. The van der Waals surface area contributed by atoms with Crippen LogP contribution in [0.3, 0.4) is 0 Å². The zero-order valence-electron chi connectivity index (χ0n) is 31.6. The van der Waals surface area contributed by atoms with Gasteiger partial charge in [-0.2, -0.15) is 0 Å². The van der Waals surface area contributed by atoms with Crippen LogP contribution in [0.5, 0.6) is 0 Å². The summed E-state index contributed by atoms with van der Waals surface area (Å²) in [5.74, 6) is -3.73. The summed E-state index contributed by atoms with van der Waals surface area (Å²) < 4.78 is 11.6. The Labute approximate surface area is 329 Å². The lowest BCUT2D eigenvalue weighted by molar-refractivity contribution is 0.0278.